The average molecular weight is 897 g/mol. The number of hydrogen-bond donors (Lipinski definition) is 0. The minimum Gasteiger partial charge on any atom is -0.294 e. The number of rotatable bonds is 9. The molecular weight excluding hydrogens is 853 g/mol. The Balaban J connectivity index is 1.10. The van der Waals surface area contributed by atoms with Gasteiger partial charge in [-0.15, -0.1) is 0 Å². The van der Waals surface area contributed by atoms with Crippen molar-refractivity contribution in [2.24, 2.45) is 0 Å². The molecule has 0 spiro atoms. The van der Waals surface area contributed by atoms with Crippen LogP contribution in [0.5, 0.6) is 0 Å². The molecule has 0 aliphatic carbocycles. The SMILES string of the molecule is c1ccc(-c2cccc([Si](c3ccccc3)(c3ccccc3)c3cccc(-c4cc(-n5c6ccccc6c6ccccc65)nc(-n5c6ccccc6c6c(-c7ccccc7)cccc65)n4)c3)c2)cc1. The second-order valence-corrected chi connectivity index (χ2v) is 21.5. The number of para-hydroxylation sites is 3. The molecule has 3 heterocycles. The fraction of sp³-hybridized carbons (Fsp3) is 0. The number of nitrogens with zero attached hydrogens (tertiary/aromatic N) is 4. The van der Waals surface area contributed by atoms with Gasteiger partial charge in [0.25, 0.3) is 0 Å². The zero-order chi connectivity index (χ0) is 45.7. The van der Waals surface area contributed by atoms with Gasteiger partial charge in [-0.2, -0.15) is 4.98 Å². The molecule has 0 amide bonds. The highest BCUT2D eigenvalue weighted by molar-refractivity contribution is 7.20. The number of hydrogen-bond acceptors (Lipinski definition) is 2. The van der Waals surface area contributed by atoms with Crippen LogP contribution in [0.15, 0.2) is 267 Å². The Morgan fingerprint density at radius 3 is 1.33 bits per heavy atom. The zero-order valence-corrected chi connectivity index (χ0v) is 38.7. The number of aromatic nitrogens is 4. The van der Waals surface area contributed by atoms with Crippen LogP contribution in [0.2, 0.25) is 0 Å². The van der Waals surface area contributed by atoms with Crippen molar-refractivity contribution in [2.75, 3.05) is 0 Å². The summed E-state index contributed by atoms with van der Waals surface area (Å²) in [5.74, 6) is 1.41. The maximum atomic E-state index is 5.67. The molecule has 0 saturated heterocycles. The lowest BCUT2D eigenvalue weighted by molar-refractivity contribution is 0.952. The highest BCUT2D eigenvalue weighted by atomic mass is 28.3. The molecule has 0 saturated carbocycles. The van der Waals surface area contributed by atoms with Crippen LogP contribution in [0.1, 0.15) is 0 Å². The van der Waals surface area contributed by atoms with E-state index in [0.717, 1.165) is 44.5 Å². The molecule has 0 atom stereocenters. The Morgan fingerprint density at radius 2 is 0.725 bits per heavy atom. The van der Waals surface area contributed by atoms with Crippen LogP contribution in [0.4, 0.5) is 0 Å². The molecular formula is C64H44N4Si. The molecule has 0 radical (unpaired) electrons. The van der Waals surface area contributed by atoms with Crippen molar-refractivity contribution in [2.45, 2.75) is 0 Å². The van der Waals surface area contributed by atoms with Crippen LogP contribution < -0.4 is 20.7 Å². The first-order chi connectivity index (χ1) is 34.2. The van der Waals surface area contributed by atoms with Gasteiger partial charge in [0.05, 0.1) is 27.8 Å². The predicted octanol–water partition coefficient (Wildman–Crippen LogP) is 13.0. The van der Waals surface area contributed by atoms with E-state index in [0.29, 0.717) is 5.95 Å². The van der Waals surface area contributed by atoms with E-state index < -0.39 is 8.07 Å². The van der Waals surface area contributed by atoms with Crippen LogP contribution >= 0.6 is 0 Å². The van der Waals surface area contributed by atoms with Gasteiger partial charge in [-0.05, 0) is 67.3 Å². The second kappa shape index (κ2) is 16.8. The van der Waals surface area contributed by atoms with E-state index >= 15 is 0 Å². The molecule has 3 aromatic heterocycles. The van der Waals surface area contributed by atoms with E-state index in [1.54, 1.807) is 0 Å². The molecule has 69 heavy (non-hydrogen) atoms. The molecule has 0 aliphatic heterocycles. The maximum Gasteiger partial charge on any atom is 0.237 e. The minimum absolute atomic E-state index is 0.608. The molecule has 5 heteroatoms. The first-order valence-corrected chi connectivity index (χ1v) is 25.6. The van der Waals surface area contributed by atoms with Crippen molar-refractivity contribution in [3.8, 4) is 45.3 Å². The molecule has 0 unspecified atom stereocenters. The lowest BCUT2D eigenvalue weighted by Gasteiger charge is -2.35. The topological polar surface area (TPSA) is 35.6 Å². The zero-order valence-electron chi connectivity index (χ0n) is 37.7. The minimum atomic E-state index is -3.00. The third-order valence-electron chi connectivity index (χ3n) is 13.9. The normalized spacial score (nSPS) is 11.8. The summed E-state index contributed by atoms with van der Waals surface area (Å²) in [5.41, 5.74) is 10.9. The predicted molar refractivity (Wildman–Crippen MR) is 291 cm³/mol. The van der Waals surface area contributed by atoms with Crippen LogP contribution in [0.3, 0.4) is 0 Å². The third kappa shape index (κ3) is 6.66. The average Bonchev–Trinajstić information content (AvgIpc) is 3.96. The summed E-state index contributed by atoms with van der Waals surface area (Å²) < 4.78 is 4.58. The fourth-order valence-corrected chi connectivity index (χ4v) is 15.7. The maximum absolute atomic E-state index is 5.67. The van der Waals surface area contributed by atoms with Gasteiger partial charge < -0.3 is 0 Å². The molecule has 13 aromatic rings. The molecule has 0 aliphatic rings. The Morgan fingerprint density at radius 1 is 0.290 bits per heavy atom. The summed E-state index contributed by atoms with van der Waals surface area (Å²) in [6.07, 6.45) is 0. The van der Waals surface area contributed by atoms with Gasteiger partial charge in [0.1, 0.15) is 5.82 Å². The first-order valence-electron chi connectivity index (χ1n) is 23.6. The highest BCUT2D eigenvalue weighted by Crippen LogP contribution is 2.39. The highest BCUT2D eigenvalue weighted by Gasteiger charge is 2.42. The van der Waals surface area contributed by atoms with Crippen molar-refractivity contribution < 1.29 is 0 Å². The summed E-state index contributed by atoms with van der Waals surface area (Å²) in [5, 5.41) is 9.90. The monoisotopic (exact) mass is 896 g/mol. The van der Waals surface area contributed by atoms with E-state index in [2.05, 4.69) is 276 Å². The largest absolute Gasteiger partial charge is 0.294 e. The van der Waals surface area contributed by atoms with Gasteiger partial charge >= 0.3 is 0 Å². The van der Waals surface area contributed by atoms with Crippen molar-refractivity contribution in [3.05, 3.63) is 267 Å². The molecule has 13 rings (SSSR count). The molecule has 10 aromatic carbocycles. The molecule has 0 bridgehead atoms. The smallest absolute Gasteiger partial charge is 0.237 e. The van der Waals surface area contributed by atoms with Crippen LogP contribution in [-0.4, -0.2) is 27.2 Å². The summed E-state index contributed by atoms with van der Waals surface area (Å²) in [4.78, 5) is 11.3. The van der Waals surface area contributed by atoms with Gasteiger partial charge in [0, 0.05) is 33.2 Å². The van der Waals surface area contributed by atoms with Crippen LogP contribution in [-0.2, 0) is 0 Å². The van der Waals surface area contributed by atoms with E-state index in [4.69, 9.17) is 9.97 Å². The van der Waals surface area contributed by atoms with Crippen LogP contribution in [0, 0.1) is 0 Å². The van der Waals surface area contributed by atoms with E-state index in [1.807, 2.05) is 0 Å². The number of fused-ring (bicyclic) bond motifs is 6. The Bertz CT molecular complexity index is 3920. The third-order valence-corrected chi connectivity index (χ3v) is 18.7. The summed E-state index contributed by atoms with van der Waals surface area (Å²) >= 11 is 0. The Labute approximate surface area is 401 Å². The molecule has 0 fully saturated rings. The van der Waals surface area contributed by atoms with Gasteiger partial charge in [0.15, 0.2) is 8.07 Å². The molecule has 4 nitrogen and oxygen atoms in total. The van der Waals surface area contributed by atoms with Crippen molar-refractivity contribution in [1.82, 2.24) is 19.1 Å². The second-order valence-electron chi connectivity index (χ2n) is 17.7. The van der Waals surface area contributed by atoms with Crippen LogP contribution in [0.25, 0.3) is 88.9 Å². The summed E-state index contributed by atoms with van der Waals surface area (Å²) in [6, 6.07) is 97.0. The van der Waals surface area contributed by atoms with E-state index in [9.17, 15) is 0 Å². The first kappa shape index (κ1) is 40.4. The molecule has 0 N–H and O–H groups in total. The van der Waals surface area contributed by atoms with Crippen molar-refractivity contribution in [1.29, 1.82) is 0 Å². The van der Waals surface area contributed by atoms with Gasteiger partial charge in [-0.3, -0.25) is 9.13 Å². The van der Waals surface area contributed by atoms with Gasteiger partial charge in [-0.1, -0.05) is 237 Å². The fourth-order valence-electron chi connectivity index (χ4n) is 10.9. The van der Waals surface area contributed by atoms with E-state index in [1.165, 1.54) is 59.2 Å². The Kier molecular flexibility index (Phi) is 9.81. The molecule has 324 valence electrons. The Hall–Kier alpha value is -8.90. The quantitative estimate of drug-likeness (QED) is 0.107. The lowest BCUT2D eigenvalue weighted by atomic mass is 9.99. The summed E-state index contributed by atoms with van der Waals surface area (Å²) in [7, 11) is -3.00. The van der Waals surface area contributed by atoms with Gasteiger partial charge in [-0.25, -0.2) is 4.98 Å². The van der Waals surface area contributed by atoms with E-state index in [-0.39, 0.29) is 0 Å². The number of benzene rings is 10. The van der Waals surface area contributed by atoms with Crippen molar-refractivity contribution in [3.63, 3.8) is 0 Å². The lowest BCUT2D eigenvalue weighted by Crippen LogP contribution is -2.74. The van der Waals surface area contributed by atoms with Crippen molar-refractivity contribution >= 4 is 72.4 Å². The summed E-state index contributed by atoms with van der Waals surface area (Å²) in [6.45, 7) is 0. The van der Waals surface area contributed by atoms with Gasteiger partial charge in [0.2, 0.25) is 5.95 Å². The standard InChI is InChI=1S/C64H44N4Si/c1-5-22-45(23-6-1)47-26-19-32-51(42-47)69(49-28-9-3-10-29-49,50-30-11-4-12-31-50)52-33-20-27-48(43-52)57-44-62(67-58-38-16-13-34-54(58)55-35-14-17-39-59(55)67)66-64(65-57)68-60-40-18-15-36-56(60)63-53(37-21-41-61(63)68)46-24-7-2-8-25-46/h1-44H.